The summed E-state index contributed by atoms with van der Waals surface area (Å²) in [6, 6.07) is 0.689. The first-order valence-corrected chi connectivity index (χ1v) is 10.7. The molecule has 0 aromatic heterocycles. The Morgan fingerprint density at radius 1 is 1.38 bits per heavy atom. The minimum atomic E-state index is -0.0452. The van der Waals surface area contributed by atoms with Crippen molar-refractivity contribution < 1.29 is 5.11 Å². The second-order valence-electron chi connectivity index (χ2n) is 8.45. The van der Waals surface area contributed by atoms with Crippen LogP contribution in [0, 0.1) is 5.92 Å². The van der Waals surface area contributed by atoms with Crippen LogP contribution in [0.5, 0.6) is 0 Å². The number of aliphatic hydroxyl groups is 1. The standard InChI is InChI=1S/C24H34N4O/c1-4-19(22-7-5-6-14-28(3)23(22)15-18-8-9-18)16-24(29)27-17(2)26-21-12-10-20(25)11-13-21/h6-7,16,18,20-21,29H,1,8-15,25H2,2-3H3,(H,26,27)/b24-16+/t20-,21-. The third-order valence-electron chi connectivity index (χ3n) is 5.88. The Kier molecular flexibility index (Phi) is 7.22. The van der Waals surface area contributed by atoms with Gasteiger partial charge in [0.25, 0.3) is 0 Å². The molecule has 0 radical (unpaired) electrons. The van der Waals surface area contributed by atoms with Gasteiger partial charge in [0.15, 0.2) is 0 Å². The minimum Gasteiger partial charge on any atom is -0.493 e. The second-order valence-corrected chi connectivity index (χ2v) is 8.45. The fourth-order valence-electron chi connectivity index (χ4n) is 3.97. The summed E-state index contributed by atoms with van der Waals surface area (Å²) in [6.45, 7) is 6.56. The van der Waals surface area contributed by atoms with E-state index in [4.69, 9.17) is 5.73 Å². The number of likely N-dealkylation sites (N-methyl/N-ethyl adjacent to an activating group) is 1. The number of rotatable bonds is 6. The second kappa shape index (κ2) is 9.84. The van der Waals surface area contributed by atoms with Gasteiger partial charge >= 0.3 is 0 Å². The molecule has 0 bridgehead atoms. The van der Waals surface area contributed by atoms with E-state index >= 15 is 0 Å². The first-order chi connectivity index (χ1) is 14.0. The molecule has 0 unspecified atom stereocenters. The number of aliphatic hydroxyl groups excluding tert-OH is 1. The van der Waals surface area contributed by atoms with Crippen LogP contribution >= 0.6 is 0 Å². The molecule has 3 rings (SSSR count). The zero-order valence-electron chi connectivity index (χ0n) is 17.7. The number of hydrogen-bond donors (Lipinski definition) is 3. The van der Waals surface area contributed by atoms with E-state index in [2.05, 4.69) is 40.3 Å². The van der Waals surface area contributed by atoms with Crippen LogP contribution in [-0.2, 0) is 0 Å². The average Bonchev–Trinajstić information content (AvgIpc) is 3.52. The van der Waals surface area contributed by atoms with Crippen LogP contribution in [0.1, 0.15) is 51.9 Å². The number of hydrogen-bond acceptors (Lipinski definition) is 4. The molecule has 2 aliphatic carbocycles. The lowest BCUT2D eigenvalue weighted by molar-refractivity contribution is 0.371. The molecular formula is C24H34N4O. The highest BCUT2D eigenvalue weighted by molar-refractivity contribution is 5.80. The normalized spacial score (nSPS) is 25.7. The Bertz CT molecular complexity index is 810. The molecule has 0 aromatic carbocycles. The summed E-state index contributed by atoms with van der Waals surface area (Å²) >= 11 is 0. The van der Waals surface area contributed by atoms with Crippen molar-refractivity contribution in [1.29, 1.82) is 0 Å². The highest BCUT2D eigenvalue weighted by Crippen LogP contribution is 2.38. The minimum absolute atomic E-state index is 0.0452. The van der Waals surface area contributed by atoms with Gasteiger partial charge in [0.05, 0.1) is 0 Å². The molecule has 2 saturated carbocycles. The zero-order chi connectivity index (χ0) is 20.8. The van der Waals surface area contributed by atoms with Gasteiger partial charge in [-0.3, -0.25) is 0 Å². The number of nitrogens with two attached hydrogens (primary N) is 1. The molecule has 0 amide bonds. The number of nitrogens with one attached hydrogen (secondary N) is 1. The topological polar surface area (TPSA) is 73.9 Å². The maximum absolute atomic E-state index is 10.5. The van der Waals surface area contributed by atoms with Crippen LogP contribution in [-0.4, -0.2) is 41.5 Å². The summed E-state index contributed by atoms with van der Waals surface area (Å²) < 4.78 is 0. The van der Waals surface area contributed by atoms with Crippen molar-refractivity contribution in [3.8, 4) is 0 Å². The van der Waals surface area contributed by atoms with Crippen molar-refractivity contribution in [2.24, 2.45) is 16.6 Å². The number of nitrogens with zero attached hydrogens (tertiary/aromatic N) is 2. The van der Waals surface area contributed by atoms with Crippen LogP contribution in [0.25, 0.3) is 0 Å². The Morgan fingerprint density at radius 2 is 2.10 bits per heavy atom. The van der Waals surface area contributed by atoms with Crippen LogP contribution in [0.2, 0.25) is 0 Å². The van der Waals surface area contributed by atoms with Gasteiger partial charge in [-0.1, -0.05) is 6.58 Å². The SMILES string of the molecule is C=C=C(/C=C(O)\N=C(/C)N[C@H]1CC[C@H](N)CC1)C1=C(CC2CC2)N(C)CC=C=C1. The smallest absolute Gasteiger partial charge is 0.213 e. The molecule has 1 aliphatic heterocycles. The Hall–Kier alpha value is -2.45. The van der Waals surface area contributed by atoms with E-state index in [9.17, 15) is 5.11 Å². The largest absolute Gasteiger partial charge is 0.493 e. The number of aliphatic imine (C=N–C) groups is 1. The Labute approximate surface area is 174 Å². The first-order valence-electron chi connectivity index (χ1n) is 10.7. The van der Waals surface area contributed by atoms with Crippen molar-refractivity contribution in [2.45, 2.75) is 64.0 Å². The third kappa shape index (κ3) is 6.27. The molecule has 3 aliphatic rings. The van der Waals surface area contributed by atoms with Crippen LogP contribution < -0.4 is 11.1 Å². The molecule has 4 N–H and O–H groups in total. The fourth-order valence-corrected chi connectivity index (χ4v) is 3.97. The van der Waals surface area contributed by atoms with Crippen molar-refractivity contribution in [3.63, 3.8) is 0 Å². The highest BCUT2D eigenvalue weighted by Gasteiger charge is 2.26. The van der Waals surface area contributed by atoms with Crippen LogP contribution in [0.15, 0.2) is 64.0 Å². The van der Waals surface area contributed by atoms with Gasteiger partial charge in [-0.25, -0.2) is 4.99 Å². The molecule has 0 aromatic rings. The van der Waals surface area contributed by atoms with Crippen molar-refractivity contribution in [3.05, 3.63) is 59.0 Å². The monoisotopic (exact) mass is 394 g/mol. The summed E-state index contributed by atoms with van der Waals surface area (Å²) in [5.74, 6) is 1.42. The Morgan fingerprint density at radius 3 is 2.76 bits per heavy atom. The summed E-state index contributed by atoms with van der Waals surface area (Å²) in [7, 11) is 2.10. The molecule has 29 heavy (non-hydrogen) atoms. The predicted molar refractivity (Wildman–Crippen MR) is 119 cm³/mol. The third-order valence-corrected chi connectivity index (χ3v) is 5.88. The predicted octanol–water partition coefficient (Wildman–Crippen LogP) is 4.09. The lowest BCUT2D eigenvalue weighted by Gasteiger charge is -2.27. The molecule has 5 nitrogen and oxygen atoms in total. The van der Waals surface area contributed by atoms with Crippen LogP contribution in [0.3, 0.4) is 0 Å². The fraction of sp³-hybridized carbons (Fsp3) is 0.542. The maximum Gasteiger partial charge on any atom is 0.213 e. The summed E-state index contributed by atoms with van der Waals surface area (Å²) in [4.78, 5) is 6.58. The molecule has 0 atom stereocenters. The molecule has 156 valence electrons. The van der Waals surface area contributed by atoms with E-state index in [1.54, 1.807) is 6.08 Å². The number of amidine groups is 1. The average molecular weight is 395 g/mol. The quantitative estimate of drug-likeness (QED) is 0.209. The molecule has 0 spiro atoms. The zero-order valence-corrected chi connectivity index (χ0v) is 17.7. The van der Waals surface area contributed by atoms with E-state index in [0.29, 0.717) is 17.9 Å². The molecule has 0 saturated heterocycles. The summed E-state index contributed by atoms with van der Waals surface area (Å²) in [6.07, 6.45) is 13.4. The van der Waals surface area contributed by atoms with Gasteiger partial charge in [0, 0.05) is 48.6 Å². The van der Waals surface area contributed by atoms with Gasteiger partial charge in [0.2, 0.25) is 5.88 Å². The molecular weight excluding hydrogens is 360 g/mol. The summed E-state index contributed by atoms with van der Waals surface area (Å²) in [5.41, 5.74) is 15.2. The summed E-state index contributed by atoms with van der Waals surface area (Å²) in [5, 5.41) is 13.9. The lowest BCUT2D eigenvalue weighted by Crippen LogP contribution is -2.39. The van der Waals surface area contributed by atoms with Gasteiger partial charge < -0.3 is 21.1 Å². The van der Waals surface area contributed by atoms with E-state index in [1.807, 2.05) is 19.1 Å². The van der Waals surface area contributed by atoms with Gasteiger partial charge in [-0.05, 0) is 69.9 Å². The van der Waals surface area contributed by atoms with E-state index in [0.717, 1.165) is 55.7 Å². The molecule has 2 fully saturated rings. The van der Waals surface area contributed by atoms with E-state index in [1.165, 1.54) is 18.5 Å². The van der Waals surface area contributed by atoms with Gasteiger partial charge in [-0.15, -0.1) is 11.5 Å². The van der Waals surface area contributed by atoms with E-state index < -0.39 is 0 Å². The van der Waals surface area contributed by atoms with Crippen molar-refractivity contribution in [2.75, 3.05) is 13.6 Å². The number of allylic oxidation sites excluding steroid dienone is 4. The van der Waals surface area contributed by atoms with Crippen molar-refractivity contribution in [1.82, 2.24) is 10.2 Å². The van der Waals surface area contributed by atoms with Crippen molar-refractivity contribution >= 4 is 5.84 Å². The highest BCUT2D eigenvalue weighted by atomic mass is 16.3. The van der Waals surface area contributed by atoms with E-state index in [-0.39, 0.29) is 5.88 Å². The molecule has 1 heterocycles. The first kappa shape index (κ1) is 21.3. The Balaban J connectivity index is 1.76. The lowest BCUT2D eigenvalue weighted by atomic mass is 9.92. The van der Waals surface area contributed by atoms with Crippen LogP contribution in [0.4, 0.5) is 0 Å². The maximum atomic E-state index is 10.5. The van der Waals surface area contributed by atoms with Gasteiger partial charge in [-0.2, -0.15) is 0 Å². The molecule has 5 heteroatoms. The van der Waals surface area contributed by atoms with Gasteiger partial charge in [0.1, 0.15) is 5.84 Å².